The highest BCUT2D eigenvalue weighted by atomic mass is 79.9. The van der Waals surface area contributed by atoms with Crippen molar-refractivity contribution in [3.63, 3.8) is 0 Å². The van der Waals surface area contributed by atoms with Crippen molar-refractivity contribution in [2.45, 2.75) is 0 Å². The fourth-order valence-electron chi connectivity index (χ4n) is 2.04. The molecule has 1 aliphatic heterocycles. The fraction of sp³-hybridized carbons (Fsp3) is 0. The van der Waals surface area contributed by atoms with Gasteiger partial charge in [-0.2, -0.15) is 0 Å². The molecule has 0 saturated heterocycles. The summed E-state index contributed by atoms with van der Waals surface area (Å²) in [5, 5.41) is 11.0. The average molecular weight is 452 g/mol. The van der Waals surface area contributed by atoms with E-state index in [1.165, 1.54) is 12.1 Å². The summed E-state index contributed by atoms with van der Waals surface area (Å²) in [5.74, 6) is -0.399. The van der Waals surface area contributed by atoms with Crippen LogP contribution in [0.25, 0.3) is 6.08 Å². The minimum absolute atomic E-state index is 0.0875. The first kappa shape index (κ1) is 16.5. The van der Waals surface area contributed by atoms with E-state index in [1.54, 1.807) is 24.3 Å². The van der Waals surface area contributed by atoms with Crippen molar-refractivity contribution >= 4 is 55.5 Å². The molecule has 0 amide bonds. The Balaban J connectivity index is 1.95. The molecule has 3 rings (SSSR count). The third kappa shape index (κ3) is 3.44. The van der Waals surface area contributed by atoms with Gasteiger partial charge in [-0.25, -0.2) is 9.79 Å². The van der Waals surface area contributed by atoms with Crippen molar-refractivity contribution in [2.24, 2.45) is 4.99 Å². The van der Waals surface area contributed by atoms with Crippen molar-refractivity contribution in [2.75, 3.05) is 0 Å². The summed E-state index contributed by atoms with van der Waals surface area (Å²) >= 11 is 6.44. The van der Waals surface area contributed by atoms with Crippen LogP contribution in [0.15, 0.2) is 62.1 Å². The van der Waals surface area contributed by atoms with Gasteiger partial charge in [0.2, 0.25) is 5.90 Å². The van der Waals surface area contributed by atoms with Crippen LogP contribution < -0.4 is 0 Å². The molecule has 8 heteroatoms. The van der Waals surface area contributed by atoms with Gasteiger partial charge in [0.25, 0.3) is 5.69 Å². The summed E-state index contributed by atoms with van der Waals surface area (Å²) in [6.07, 6.45) is 1.45. The molecule has 6 nitrogen and oxygen atoms in total. The van der Waals surface area contributed by atoms with E-state index in [-0.39, 0.29) is 17.3 Å². The molecule has 120 valence electrons. The van der Waals surface area contributed by atoms with E-state index >= 15 is 0 Å². The smallest absolute Gasteiger partial charge is 0.363 e. The zero-order chi connectivity index (χ0) is 17.3. The van der Waals surface area contributed by atoms with Crippen molar-refractivity contribution in [1.29, 1.82) is 0 Å². The molecule has 0 atom stereocenters. The number of hydrogen-bond donors (Lipinski definition) is 0. The van der Waals surface area contributed by atoms with Crippen LogP contribution in [0.2, 0.25) is 0 Å². The topological polar surface area (TPSA) is 81.8 Å². The molecular formula is C16H8Br2N2O4. The van der Waals surface area contributed by atoms with Crippen LogP contribution in [-0.4, -0.2) is 16.8 Å². The Morgan fingerprint density at radius 1 is 1.12 bits per heavy atom. The fourth-order valence-corrected chi connectivity index (χ4v) is 2.70. The molecule has 0 fully saturated rings. The molecule has 0 aliphatic carbocycles. The van der Waals surface area contributed by atoms with Gasteiger partial charge >= 0.3 is 5.97 Å². The Kier molecular flexibility index (Phi) is 4.59. The van der Waals surface area contributed by atoms with Crippen LogP contribution in [0.4, 0.5) is 5.69 Å². The minimum atomic E-state index is -0.599. The molecule has 2 aromatic rings. The van der Waals surface area contributed by atoms with Crippen LogP contribution in [0.5, 0.6) is 0 Å². The first-order valence-electron chi connectivity index (χ1n) is 6.66. The second-order valence-electron chi connectivity index (χ2n) is 4.81. The van der Waals surface area contributed by atoms with Gasteiger partial charge in [-0.1, -0.05) is 22.0 Å². The first-order chi connectivity index (χ1) is 11.4. The molecule has 2 aromatic carbocycles. The SMILES string of the molecule is O=C1OC(c2ccc(Br)cc2)=N/C1=C\c1ccc(Br)c([N+](=O)[O-])c1. The molecule has 0 N–H and O–H groups in total. The summed E-state index contributed by atoms with van der Waals surface area (Å²) in [6.45, 7) is 0. The highest BCUT2D eigenvalue weighted by Crippen LogP contribution is 2.27. The van der Waals surface area contributed by atoms with Gasteiger partial charge in [-0.05, 0) is 57.9 Å². The molecular weight excluding hydrogens is 444 g/mol. The molecule has 0 spiro atoms. The number of nitro groups is 1. The number of carbonyl (C=O) groups is 1. The average Bonchev–Trinajstić information content (AvgIpc) is 2.90. The molecule has 0 radical (unpaired) electrons. The Hall–Kier alpha value is -2.32. The summed E-state index contributed by atoms with van der Waals surface area (Å²) in [6, 6.07) is 11.7. The lowest BCUT2D eigenvalue weighted by Crippen LogP contribution is -2.05. The predicted molar refractivity (Wildman–Crippen MR) is 95.5 cm³/mol. The van der Waals surface area contributed by atoms with Crippen LogP contribution in [0.3, 0.4) is 0 Å². The molecule has 0 unspecified atom stereocenters. The van der Waals surface area contributed by atoms with Gasteiger partial charge in [-0.3, -0.25) is 10.1 Å². The molecule has 1 aliphatic rings. The Bertz CT molecular complexity index is 905. The Morgan fingerprint density at radius 3 is 2.50 bits per heavy atom. The lowest BCUT2D eigenvalue weighted by atomic mass is 10.1. The maximum atomic E-state index is 12.0. The summed E-state index contributed by atoms with van der Waals surface area (Å²) in [7, 11) is 0. The summed E-state index contributed by atoms with van der Waals surface area (Å²) in [4.78, 5) is 26.6. The van der Waals surface area contributed by atoms with Crippen molar-refractivity contribution in [1.82, 2.24) is 0 Å². The van der Waals surface area contributed by atoms with Gasteiger partial charge in [0.05, 0.1) is 9.40 Å². The van der Waals surface area contributed by atoms with Crippen molar-refractivity contribution in [3.05, 3.63) is 78.3 Å². The van der Waals surface area contributed by atoms with Crippen LogP contribution >= 0.6 is 31.9 Å². The van der Waals surface area contributed by atoms with E-state index in [0.717, 1.165) is 4.47 Å². The molecule has 24 heavy (non-hydrogen) atoms. The number of hydrogen-bond acceptors (Lipinski definition) is 5. The lowest BCUT2D eigenvalue weighted by molar-refractivity contribution is -0.385. The lowest BCUT2D eigenvalue weighted by Gasteiger charge is -1.98. The number of halogens is 2. The number of nitro benzene ring substituents is 1. The number of benzene rings is 2. The number of esters is 1. The number of carbonyl (C=O) groups excluding carboxylic acids is 1. The summed E-state index contributed by atoms with van der Waals surface area (Å²) in [5.41, 5.74) is 1.15. The first-order valence-corrected chi connectivity index (χ1v) is 8.25. The number of nitrogens with zero attached hydrogens (tertiary/aromatic N) is 2. The molecule has 1 heterocycles. The van der Waals surface area contributed by atoms with Crippen molar-refractivity contribution in [3.8, 4) is 0 Å². The normalized spacial score (nSPS) is 15.3. The van der Waals surface area contributed by atoms with Crippen molar-refractivity contribution < 1.29 is 14.5 Å². The quantitative estimate of drug-likeness (QED) is 0.298. The number of rotatable bonds is 3. The largest absolute Gasteiger partial charge is 0.402 e. The second-order valence-corrected chi connectivity index (χ2v) is 6.58. The van der Waals surface area contributed by atoms with Gasteiger partial charge in [0.15, 0.2) is 5.70 Å². The third-order valence-electron chi connectivity index (χ3n) is 3.18. The van der Waals surface area contributed by atoms with Gasteiger partial charge < -0.3 is 4.74 Å². The monoisotopic (exact) mass is 450 g/mol. The Morgan fingerprint density at radius 2 is 1.83 bits per heavy atom. The zero-order valence-electron chi connectivity index (χ0n) is 11.9. The van der Waals surface area contributed by atoms with E-state index in [4.69, 9.17) is 4.74 Å². The molecule has 0 bridgehead atoms. The minimum Gasteiger partial charge on any atom is -0.402 e. The number of cyclic esters (lactones) is 1. The molecule has 0 aromatic heterocycles. The Labute approximate surface area is 153 Å². The van der Waals surface area contributed by atoms with Crippen LogP contribution in [-0.2, 0) is 9.53 Å². The van der Waals surface area contributed by atoms with Crippen LogP contribution in [0.1, 0.15) is 11.1 Å². The third-order valence-corrected chi connectivity index (χ3v) is 4.38. The van der Waals surface area contributed by atoms with Gasteiger partial charge in [-0.15, -0.1) is 0 Å². The maximum absolute atomic E-state index is 12.0. The second kappa shape index (κ2) is 6.66. The summed E-state index contributed by atoms with van der Waals surface area (Å²) < 4.78 is 6.42. The number of aliphatic imine (C=N–C) groups is 1. The highest BCUT2D eigenvalue weighted by Gasteiger charge is 2.24. The maximum Gasteiger partial charge on any atom is 0.363 e. The van der Waals surface area contributed by atoms with E-state index in [0.29, 0.717) is 15.6 Å². The highest BCUT2D eigenvalue weighted by molar-refractivity contribution is 9.10. The molecule has 0 saturated carbocycles. The zero-order valence-corrected chi connectivity index (χ0v) is 15.1. The van der Waals surface area contributed by atoms with E-state index < -0.39 is 10.9 Å². The standard InChI is InChI=1S/C16H8Br2N2O4/c17-11-4-2-10(3-5-11)15-19-13(16(21)24-15)7-9-1-6-12(18)14(8-9)20(22)23/h1-8H/b13-7-. The van der Waals surface area contributed by atoms with Gasteiger partial charge in [0.1, 0.15) is 0 Å². The predicted octanol–water partition coefficient (Wildman–Crippen LogP) is 4.46. The van der Waals surface area contributed by atoms with E-state index in [9.17, 15) is 14.9 Å². The van der Waals surface area contributed by atoms with Gasteiger partial charge in [0, 0.05) is 16.1 Å². The van der Waals surface area contributed by atoms with E-state index in [1.807, 2.05) is 12.1 Å². The number of ether oxygens (including phenoxy) is 1. The van der Waals surface area contributed by atoms with Crippen LogP contribution in [0, 0.1) is 10.1 Å². The van der Waals surface area contributed by atoms with E-state index in [2.05, 4.69) is 36.9 Å².